The Morgan fingerprint density at radius 2 is 0.619 bits per heavy atom. The monoisotopic (exact) mass is 821 g/mol. The third-order valence-electron chi connectivity index (χ3n) is 12.3. The molecule has 2 aromatic heterocycles. The molecule has 0 radical (unpaired) electrons. The van der Waals surface area contributed by atoms with Gasteiger partial charge < -0.3 is 9.32 Å². The number of hydrogen-bond acceptors (Lipinski definition) is 3. The van der Waals surface area contributed by atoms with Crippen molar-refractivity contribution in [3.8, 4) is 55.6 Å². The third-order valence-corrected chi connectivity index (χ3v) is 13.5. The summed E-state index contributed by atoms with van der Waals surface area (Å²) >= 11 is 1.86. The Hall–Kier alpha value is -7.98. The molecule has 0 bridgehead atoms. The average Bonchev–Trinajstić information content (AvgIpc) is 3.93. The van der Waals surface area contributed by atoms with E-state index in [1.165, 1.54) is 75.8 Å². The summed E-state index contributed by atoms with van der Waals surface area (Å²) in [5, 5.41) is 4.94. The molecule has 0 atom stereocenters. The van der Waals surface area contributed by atoms with Gasteiger partial charge in [0.15, 0.2) is 0 Å². The van der Waals surface area contributed by atoms with Gasteiger partial charge in [-0.3, -0.25) is 0 Å². The van der Waals surface area contributed by atoms with E-state index in [0.717, 1.165) is 39.0 Å². The molecule has 2 nitrogen and oxygen atoms in total. The Labute approximate surface area is 370 Å². The lowest BCUT2D eigenvalue weighted by molar-refractivity contribution is 0.669. The van der Waals surface area contributed by atoms with E-state index in [9.17, 15) is 0 Å². The van der Waals surface area contributed by atoms with Gasteiger partial charge in [0.2, 0.25) is 0 Å². The van der Waals surface area contributed by atoms with Gasteiger partial charge in [0, 0.05) is 48.0 Å². The number of hydrogen-bond donors (Lipinski definition) is 0. The van der Waals surface area contributed by atoms with Crippen LogP contribution in [0.1, 0.15) is 0 Å². The van der Waals surface area contributed by atoms with Crippen molar-refractivity contribution in [2.75, 3.05) is 4.90 Å². The van der Waals surface area contributed by atoms with Crippen LogP contribution in [-0.4, -0.2) is 0 Å². The summed E-state index contributed by atoms with van der Waals surface area (Å²) in [4.78, 5) is 2.34. The van der Waals surface area contributed by atoms with Crippen molar-refractivity contribution >= 4 is 70.5 Å². The van der Waals surface area contributed by atoms with Crippen molar-refractivity contribution in [1.29, 1.82) is 0 Å². The molecule has 0 spiro atoms. The molecule has 0 aliphatic heterocycles. The Morgan fingerprint density at radius 3 is 1.17 bits per heavy atom. The van der Waals surface area contributed by atoms with Gasteiger partial charge in [0.25, 0.3) is 0 Å². The summed E-state index contributed by atoms with van der Waals surface area (Å²) in [5.41, 5.74) is 17.0. The second kappa shape index (κ2) is 15.5. The molecule has 0 unspecified atom stereocenters. The van der Waals surface area contributed by atoms with E-state index in [1.807, 2.05) is 23.5 Å². The maximum absolute atomic E-state index is 6.08. The molecule has 3 heteroatoms. The molecule has 10 aromatic carbocycles. The van der Waals surface area contributed by atoms with Crippen molar-refractivity contribution in [3.63, 3.8) is 0 Å². The number of furan rings is 1. The Bertz CT molecular complexity index is 3370. The first kappa shape index (κ1) is 36.8. The topological polar surface area (TPSA) is 16.4 Å². The van der Waals surface area contributed by atoms with Crippen molar-refractivity contribution in [1.82, 2.24) is 0 Å². The van der Waals surface area contributed by atoms with Crippen LogP contribution in [0.5, 0.6) is 0 Å². The fraction of sp³-hybridized carbons (Fsp3) is 0. The Kier molecular flexibility index (Phi) is 9.06. The zero-order valence-corrected chi connectivity index (χ0v) is 35.1. The van der Waals surface area contributed by atoms with E-state index < -0.39 is 0 Å². The SMILES string of the molecule is c1ccc(-c2ccc(N(c3ccc(-c4ccc(-c5ccc6oc7ccccc7c6c5)cc4)cc3)c3ccc(-c4ccc(-c5ccc6sc7ccccc7c6c5)cc4)cc3)cc2)cc1. The lowest BCUT2D eigenvalue weighted by Gasteiger charge is -2.26. The minimum absolute atomic E-state index is 0.913. The van der Waals surface area contributed by atoms with E-state index in [2.05, 4.69) is 229 Å². The molecule has 0 saturated heterocycles. The van der Waals surface area contributed by atoms with Gasteiger partial charge >= 0.3 is 0 Å². The van der Waals surface area contributed by atoms with Crippen LogP contribution in [0, 0.1) is 0 Å². The van der Waals surface area contributed by atoms with Crippen molar-refractivity contribution in [3.05, 3.63) is 237 Å². The van der Waals surface area contributed by atoms with Crippen LogP contribution >= 0.6 is 11.3 Å². The summed E-state index contributed by atoms with van der Waals surface area (Å²) in [6.07, 6.45) is 0. The van der Waals surface area contributed by atoms with E-state index in [-0.39, 0.29) is 0 Å². The van der Waals surface area contributed by atoms with E-state index in [0.29, 0.717) is 0 Å². The zero-order chi connectivity index (χ0) is 41.7. The van der Waals surface area contributed by atoms with Gasteiger partial charge in [-0.05, 0) is 128 Å². The van der Waals surface area contributed by atoms with Crippen LogP contribution in [0.2, 0.25) is 0 Å². The Balaban J connectivity index is 0.831. The second-order valence-electron chi connectivity index (χ2n) is 16.1. The first-order valence-corrected chi connectivity index (χ1v) is 22.2. The fourth-order valence-corrected chi connectivity index (χ4v) is 10.1. The average molecular weight is 822 g/mol. The molecule has 0 saturated carbocycles. The lowest BCUT2D eigenvalue weighted by atomic mass is 9.98. The molecule has 12 aromatic rings. The molecule has 0 amide bonds. The van der Waals surface area contributed by atoms with Gasteiger partial charge in [0.05, 0.1) is 0 Å². The molecule has 0 N–H and O–H groups in total. The quantitative estimate of drug-likeness (QED) is 0.152. The van der Waals surface area contributed by atoms with E-state index in [4.69, 9.17) is 4.42 Å². The highest BCUT2D eigenvalue weighted by Crippen LogP contribution is 2.40. The molecule has 296 valence electrons. The zero-order valence-electron chi connectivity index (χ0n) is 34.3. The van der Waals surface area contributed by atoms with Crippen LogP contribution in [0.3, 0.4) is 0 Å². The van der Waals surface area contributed by atoms with Crippen molar-refractivity contribution < 1.29 is 4.42 Å². The number of benzene rings is 10. The fourth-order valence-electron chi connectivity index (χ4n) is 9.01. The minimum atomic E-state index is 0.913. The van der Waals surface area contributed by atoms with Crippen LogP contribution < -0.4 is 4.90 Å². The van der Waals surface area contributed by atoms with Gasteiger partial charge in [-0.15, -0.1) is 11.3 Å². The maximum Gasteiger partial charge on any atom is 0.135 e. The molecule has 2 heterocycles. The van der Waals surface area contributed by atoms with Crippen molar-refractivity contribution in [2.24, 2.45) is 0 Å². The maximum atomic E-state index is 6.08. The second-order valence-corrected chi connectivity index (χ2v) is 17.2. The number of para-hydroxylation sites is 1. The predicted molar refractivity (Wildman–Crippen MR) is 268 cm³/mol. The van der Waals surface area contributed by atoms with E-state index >= 15 is 0 Å². The van der Waals surface area contributed by atoms with Gasteiger partial charge in [-0.25, -0.2) is 0 Å². The smallest absolute Gasteiger partial charge is 0.135 e. The van der Waals surface area contributed by atoms with Crippen LogP contribution in [-0.2, 0) is 0 Å². The standard InChI is InChI=1S/C60H39NOS/c1-2-8-40(9-3-1)43-22-30-50(31-23-43)61(51-32-24-44(25-33-51)41-14-18-46(19-15-41)48-28-36-58-55(38-48)53-10-4-6-12-57(53)62-58)52-34-26-45(27-35-52)42-16-20-47(21-17-42)49-29-37-60-56(39-49)54-11-5-7-13-59(54)63-60/h1-39H. The number of fused-ring (bicyclic) bond motifs is 6. The predicted octanol–water partition coefficient (Wildman–Crippen LogP) is 17.8. The lowest BCUT2D eigenvalue weighted by Crippen LogP contribution is -2.09. The molecular formula is C60H39NOS. The van der Waals surface area contributed by atoms with Crippen LogP contribution in [0.15, 0.2) is 241 Å². The normalized spacial score (nSPS) is 11.5. The summed E-state index contributed by atoms with van der Waals surface area (Å²) in [5.74, 6) is 0. The summed E-state index contributed by atoms with van der Waals surface area (Å²) < 4.78 is 8.74. The first-order chi connectivity index (χ1) is 31.2. The molecule has 12 rings (SSSR count). The third kappa shape index (κ3) is 6.86. The Morgan fingerprint density at radius 1 is 0.254 bits per heavy atom. The molecule has 0 fully saturated rings. The highest BCUT2D eigenvalue weighted by atomic mass is 32.1. The summed E-state index contributed by atoms with van der Waals surface area (Å²) in [6, 6.07) is 85.4. The number of anilines is 3. The van der Waals surface area contributed by atoms with Gasteiger partial charge in [-0.2, -0.15) is 0 Å². The van der Waals surface area contributed by atoms with E-state index in [1.54, 1.807) is 0 Å². The first-order valence-electron chi connectivity index (χ1n) is 21.4. The van der Waals surface area contributed by atoms with Gasteiger partial charge in [0.1, 0.15) is 11.2 Å². The van der Waals surface area contributed by atoms with Crippen molar-refractivity contribution in [2.45, 2.75) is 0 Å². The van der Waals surface area contributed by atoms with Crippen LogP contribution in [0.25, 0.3) is 97.7 Å². The molecule has 63 heavy (non-hydrogen) atoms. The largest absolute Gasteiger partial charge is 0.456 e. The highest BCUT2D eigenvalue weighted by molar-refractivity contribution is 7.25. The number of nitrogens with zero attached hydrogens (tertiary/aromatic N) is 1. The molecule has 0 aliphatic carbocycles. The number of rotatable bonds is 8. The summed E-state index contributed by atoms with van der Waals surface area (Å²) in [6.45, 7) is 0. The van der Waals surface area contributed by atoms with Crippen LogP contribution in [0.4, 0.5) is 17.1 Å². The molecule has 0 aliphatic rings. The molecular weight excluding hydrogens is 783 g/mol. The van der Waals surface area contributed by atoms with Gasteiger partial charge in [-0.1, -0.05) is 164 Å². The number of thiophene rings is 1. The highest BCUT2D eigenvalue weighted by Gasteiger charge is 2.15. The summed E-state index contributed by atoms with van der Waals surface area (Å²) in [7, 11) is 0. The minimum Gasteiger partial charge on any atom is -0.456 e.